The fourth-order valence-electron chi connectivity index (χ4n) is 2.82. The molecule has 2 heterocycles. The summed E-state index contributed by atoms with van der Waals surface area (Å²) in [5, 5.41) is 6.99. The molecule has 19 heavy (non-hydrogen) atoms. The lowest BCUT2D eigenvalue weighted by molar-refractivity contribution is 0.0673. The first kappa shape index (κ1) is 13.9. The molecule has 0 bridgehead atoms. The third kappa shape index (κ3) is 2.74. The highest BCUT2D eigenvalue weighted by molar-refractivity contribution is 5.97. The standard InChI is InChI=1S/C14H24N4O/c1-3-10-8-6-5-7-9-18(10)14(19)13-12(15)11(4-2)16-17-13/h10H,3-9,15H2,1-2H3,(H,16,17). The highest BCUT2D eigenvalue weighted by Gasteiger charge is 2.28. The Morgan fingerprint density at radius 3 is 2.84 bits per heavy atom. The molecule has 1 amide bonds. The van der Waals surface area contributed by atoms with Crippen molar-refractivity contribution in [1.29, 1.82) is 0 Å². The Balaban J connectivity index is 2.22. The second-order valence-electron chi connectivity index (χ2n) is 5.23. The van der Waals surface area contributed by atoms with E-state index in [1.54, 1.807) is 0 Å². The molecule has 1 fully saturated rings. The number of nitrogens with two attached hydrogens (primary N) is 1. The molecule has 1 aromatic rings. The van der Waals surface area contributed by atoms with Crippen LogP contribution in [0.3, 0.4) is 0 Å². The third-order valence-electron chi connectivity index (χ3n) is 4.05. The van der Waals surface area contributed by atoms with Gasteiger partial charge >= 0.3 is 0 Å². The minimum Gasteiger partial charge on any atom is -0.395 e. The molecule has 1 saturated heterocycles. The molecule has 2 rings (SSSR count). The SMILES string of the molecule is CCc1[nH]nc(C(=O)N2CCCCCC2CC)c1N. The number of nitrogen functional groups attached to an aromatic ring is 1. The van der Waals surface area contributed by atoms with E-state index in [4.69, 9.17) is 5.73 Å². The summed E-state index contributed by atoms with van der Waals surface area (Å²) in [5.41, 5.74) is 7.78. The van der Waals surface area contributed by atoms with Crippen LogP contribution in [0.2, 0.25) is 0 Å². The number of aromatic nitrogens is 2. The van der Waals surface area contributed by atoms with E-state index >= 15 is 0 Å². The summed E-state index contributed by atoms with van der Waals surface area (Å²) < 4.78 is 0. The van der Waals surface area contributed by atoms with Crippen molar-refractivity contribution in [2.24, 2.45) is 0 Å². The summed E-state index contributed by atoms with van der Waals surface area (Å²) >= 11 is 0. The van der Waals surface area contributed by atoms with Crippen LogP contribution in [0.25, 0.3) is 0 Å². The first-order valence-corrected chi connectivity index (χ1v) is 7.32. The number of aromatic amines is 1. The second kappa shape index (κ2) is 6.08. The Morgan fingerprint density at radius 2 is 2.21 bits per heavy atom. The van der Waals surface area contributed by atoms with Gasteiger partial charge < -0.3 is 10.6 Å². The molecular weight excluding hydrogens is 240 g/mol. The zero-order valence-corrected chi connectivity index (χ0v) is 11.9. The minimum atomic E-state index is -0.0119. The molecule has 0 saturated carbocycles. The minimum absolute atomic E-state index is 0.0119. The number of aryl methyl sites for hydroxylation is 1. The van der Waals surface area contributed by atoms with Gasteiger partial charge in [-0.05, 0) is 25.7 Å². The van der Waals surface area contributed by atoms with Crippen LogP contribution in [-0.2, 0) is 6.42 Å². The molecule has 3 N–H and O–H groups in total. The van der Waals surface area contributed by atoms with Crippen molar-refractivity contribution in [2.75, 3.05) is 12.3 Å². The Hall–Kier alpha value is -1.52. The molecule has 0 spiro atoms. The van der Waals surface area contributed by atoms with Gasteiger partial charge in [-0.1, -0.05) is 26.7 Å². The van der Waals surface area contributed by atoms with Crippen molar-refractivity contribution in [1.82, 2.24) is 15.1 Å². The summed E-state index contributed by atoms with van der Waals surface area (Å²) in [6.45, 7) is 4.96. The molecule has 1 atom stereocenters. The maximum absolute atomic E-state index is 12.6. The Morgan fingerprint density at radius 1 is 1.42 bits per heavy atom. The number of H-pyrrole nitrogens is 1. The molecule has 1 aliphatic rings. The van der Waals surface area contributed by atoms with Gasteiger partial charge in [-0.2, -0.15) is 5.10 Å². The molecule has 1 aliphatic heterocycles. The molecule has 1 unspecified atom stereocenters. The number of carbonyl (C=O) groups excluding carboxylic acids is 1. The molecule has 1 aromatic heterocycles. The van der Waals surface area contributed by atoms with Crippen LogP contribution in [0.4, 0.5) is 5.69 Å². The fourth-order valence-corrected chi connectivity index (χ4v) is 2.82. The predicted molar refractivity (Wildman–Crippen MR) is 76.0 cm³/mol. The highest BCUT2D eigenvalue weighted by atomic mass is 16.2. The number of hydrogen-bond acceptors (Lipinski definition) is 3. The smallest absolute Gasteiger partial charge is 0.276 e. The zero-order chi connectivity index (χ0) is 13.8. The van der Waals surface area contributed by atoms with Gasteiger partial charge in [0.15, 0.2) is 5.69 Å². The monoisotopic (exact) mass is 264 g/mol. The van der Waals surface area contributed by atoms with E-state index in [-0.39, 0.29) is 5.91 Å². The second-order valence-corrected chi connectivity index (χ2v) is 5.23. The summed E-state index contributed by atoms with van der Waals surface area (Å²) in [7, 11) is 0. The molecule has 0 aromatic carbocycles. The maximum Gasteiger partial charge on any atom is 0.276 e. The first-order valence-electron chi connectivity index (χ1n) is 7.32. The van der Waals surface area contributed by atoms with Crippen molar-refractivity contribution < 1.29 is 4.79 Å². The normalized spacial score (nSPS) is 20.3. The van der Waals surface area contributed by atoms with Gasteiger partial charge in [-0.15, -0.1) is 0 Å². The van der Waals surface area contributed by atoms with Crippen LogP contribution in [-0.4, -0.2) is 33.6 Å². The number of hydrogen-bond donors (Lipinski definition) is 2. The average Bonchev–Trinajstić information content (AvgIpc) is 2.65. The van der Waals surface area contributed by atoms with Gasteiger partial charge in [0, 0.05) is 12.6 Å². The highest BCUT2D eigenvalue weighted by Crippen LogP contribution is 2.23. The van der Waals surface area contributed by atoms with E-state index in [2.05, 4.69) is 17.1 Å². The lowest BCUT2D eigenvalue weighted by Crippen LogP contribution is -2.40. The Bertz CT molecular complexity index is 441. The maximum atomic E-state index is 12.6. The number of rotatable bonds is 3. The summed E-state index contributed by atoms with van der Waals surface area (Å²) in [5.74, 6) is -0.0119. The van der Waals surface area contributed by atoms with Crippen molar-refractivity contribution in [2.45, 2.75) is 58.4 Å². The molecular formula is C14H24N4O. The van der Waals surface area contributed by atoms with Gasteiger partial charge in [0.25, 0.3) is 5.91 Å². The predicted octanol–water partition coefficient (Wildman–Crippen LogP) is 2.35. The molecule has 5 heteroatoms. The van der Waals surface area contributed by atoms with E-state index in [0.29, 0.717) is 17.4 Å². The lowest BCUT2D eigenvalue weighted by atomic mass is 10.1. The lowest BCUT2D eigenvalue weighted by Gasteiger charge is -2.28. The first-order chi connectivity index (χ1) is 9.19. The van der Waals surface area contributed by atoms with Crippen molar-refractivity contribution in [3.05, 3.63) is 11.4 Å². The fraction of sp³-hybridized carbons (Fsp3) is 0.714. The van der Waals surface area contributed by atoms with Crippen LogP contribution in [0.15, 0.2) is 0 Å². The zero-order valence-electron chi connectivity index (χ0n) is 11.9. The molecule has 5 nitrogen and oxygen atoms in total. The van der Waals surface area contributed by atoms with Gasteiger partial charge in [0.2, 0.25) is 0 Å². The number of anilines is 1. The van der Waals surface area contributed by atoms with Gasteiger partial charge in [0.1, 0.15) is 0 Å². The summed E-state index contributed by atoms with van der Waals surface area (Å²) in [6.07, 6.45) is 6.34. The van der Waals surface area contributed by atoms with Gasteiger partial charge in [-0.25, -0.2) is 0 Å². The van der Waals surface area contributed by atoms with Gasteiger partial charge in [-0.3, -0.25) is 9.89 Å². The topological polar surface area (TPSA) is 75.0 Å². The quantitative estimate of drug-likeness (QED) is 0.880. The van der Waals surface area contributed by atoms with Crippen molar-refractivity contribution in [3.63, 3.8) is 0 Å². The van der Waals surface area contributed by atoms with E-state index in [1.807, 2.05) is 11.8 Å². The number of carbonyl (C=O) groups is 1. The average molecular weight is 264 g/mol. The van der Waals surface area contributed by atoms with Crippen LogP contribution in [0.1, 0.15) is 62.1 Å². The van der Waals surface area contributed by atoms with E-state index in [0.717, 1.165) is 37.9 Å². The van der Waals surface area contributed by atoms with Gasteiger partial charge in [0.05, 0.1) is 11.4 Å². The Kier molecular flexibility index (Phi) is 4.45. The molecule has 106 valence electrons. The third-order valence-corrected chi connectivity index (χ3v) is 4.05. The summed E-state index contributed by atoms with van der Waals surface area (Å²) in [6, 6.07) is 0.330. The number of amides is 1. The number of nitrogens with one attached hydrogen (secondary N) is 1. The van der Waals surface area contributed by atoms with E-state index in [9.17, 15) is 4.79 Å². The number of likely N-dealkylation sites (tertiary alicyclic amines) is 1. The largest absolute Gasteiger partial charge is 0.395 e. The van der Waals surface area contributed by atoms with E-state index in [1.165, 1.54) is 12.8 Å². The van der Waals surface area contributed by atoms with E-state index < -0.39 is 0 Å². The number of nitrogens with zero attached hydrogens (tertiary/aromatic N) is 2. The van der Waals surface area contributed by atoms with Crippen molar-refractivity contribution >= 4 is 11.6 Å². The summed E-state index contributed by atoms with van der Waals surface area (Å²) in [4.78, 5) is 14.6. The van der Waals surface area contributed by atoms with Crippen LogP contribution in [0, 0.1) is 0 Å². The van der Waals surface area contributed by atoms with Crippen LogP contribution < -0.4 is 5.73 Å². The molecule has 0 aliphatic carbocycles. The van der Waals surface area contributed by atoms with Crippen LogP contribution in [0.5, 0.6) is 0 Å². The Labute approximate surface area is 114 Å². The molecule has 0 radical (unpaired) electrons. The van der Waals surface area contributed by atoms with Crippen molar-refractivity contribution in [3.8, 4) is 0 Å². The van der Waals surface area contributed by atoms with Crippen LogP contribution >= 0.6 is 0 Å².